The minimum Gasteiger partial charge on any atom is -0.481 e. The van der Waals surface area contributed by atoms with Gasteiger partial charge in [0.25, 0.3) is 0 Å². The van der Waals surface area contributed by atoms with Gasteiger partial charge < -0.3 is 15.7 Å². The van der Waals surface area contributed by atoms with Crippen LogP contribution in [0.4, 0.5) is 4.79 Å². The number of carbonyl (C=O) groups is 2. The van der Waals surface area contributed by atoms with Crippen LogP contribution >= 0.6 is 11.3 Å². The molecule has 112 valence electrons. The number of aliphatic carboxylic acids is 1. The Morgan fingerprint density at radius 2 is 2.20 bits per heavy atom. The molecule has 0 aliphatic carbocycles. The highest BCUT2D eigenvalue weighted by molar-refractivity contribution is 7.10. The van der Waals surface area contributed by atoms with Crippen molar-refractivity contribution in [2.45, 2.75) is 52.1 Å². The number of hydrogen-bond donors (Lipinski definition) is 3. The maximum absolute atomic E-state index is 11.7. The van der Waals surface area contributed by atoms with E-state index in [1.54, 1.807) is 11.3 Å². The quantitative estimate of drug-likeness (QED) is 0.690. The van der Waals surface area contributed by atoms with Crippen molar-refractivity contribution in [1.82, 2.24) is 10.6 Å². The molecule has 1 rings (SSSR count). The van der Waals surface area contributed by atoms with Crippen molar-refractivity contribution in [1.29, 1.82) is 0 Å². The Kier molecular flexibility index (Phi) is 7.08. The van der Waals surface area contributed by atoms with Crippen molar-refractivity contribution in [3.63, 3.8) is 0 Å². The highest BCUT2D eigenvalue weighted by Gasteiger charge is 2.09. The van der Waals surface area contributed by atoms with Gasteiger partial charge in [-0.15, -0.1) is 11.3 Å². The van der Waals surface area contributed by atoms with Crippen molar-refractivity contribution < 1.29 is 14.7 Å². The number of aryl methyl sites for hydroxylation is 1. The molecule has 2 amide bonds. The SMILES string of the molecule is CCc1ccsc1CNC(=O)NC(C)CCCC(=O)O. The molecule has 0 aliphatic heterocycles. The molecule has 0 radical (unpaired) electrons. The first-order valence-corrected chi connectivity index (χ1v) is 7.72. The number of nitrogens with one attached hydrogen (secondary N) is 2. The number of hydrogen-bond acceptors (Lipinski definition) is 3. The average molecular weight is 298 g/mol. The molecular weight excluding hydrogens is 276 g/mol. The van der Waals surface area contributed by atoms with E-state index in [0.29, 0.717) is 19.4 Å². The number of carboxylic acids is 1. The molecule has 1 unspecified atom stereocenters. The molecule has 0 aromatic carbocycles. The van der Waals surface area contributed by atoms with Crippen molar-refractivity contribution in [3.05, 3.63) is 21.9 Å². The summed E-state index contributed by atoms with van der Waals surface area (Å²) in [7, 11) is 0. The van der Waals surface area contributed by atoms with Crippen LogP contribution in [-0.4, -0.2) is 23.1 Å². The minimum atomic E-state index is -0.800. The molecule has 3 N–H and O–H groups in total. The van der Waals surface area contributed by atoms with Gasteiger partial charge in [-0.2, -0.15) is 0 Å². The lowest BCUT2D eigenvalue weighted by Crippen LogP contribution is -2.40. The zero-order valence-corrected chi connectivity index (χ0v) is 12.8. The van der Waals surface area contributed by atoms with Crippen LogP contribution in [0.25, 0.3) is 0 Å². The summed E-state index contributed by atoms with van der Waals surface area (Å²) < 4.78 is 0. The first-order valence-electron chi connectivity index (χ1n) is 6.84. The fourth-order valence-corrected chi connectivity index (χ4v) is 2.82. The van der Waals surface area contributed by atoms with E-state index in [1.165, 1.54) is 10.4 Å². The Morgan fingerprint density at radius 1 is 1.45 bits per heavy atom. The standard InChI is InChI=1S/C14H22N2O3S/c1-3-11-7-8-20-12(11)9-15-14(19)16-10(2)5-4-6-13(17)18/h7-8,10H,3-6,9H2,1-2H3,(H,17,18)(H2,15,16,19). The van der Waals surface area contributed by atoms with Crippen LogP contribution in [-0.2, 0) is 17.8 Å². The van der Waals surface area contributed by atoms with Gasteiger partial charge in [0.2, 0.25) is 0 Å². The van der Waals surface area contributed by atoms with Crippen LogP contribution in [0, 0.1) is 0 Å². The van der Waals surface area contributed by atoms with Gasteiger partial charge in [0.1, 0.15) is 0 Å². The number of urea groups is 1. The first kappa shape index (κ1) is 16.5. The van der Waals surface area contributed by atoms with Crippen LogP contribution in [0.5, 0.6) is 0 Å². The molecule has 0 saturated heterocycles. The molecule has 0 bridgehead atoms. The molecule has 5 nitrogen and oxygen atoms in total. The zero-order valence-electron chi connectivity index (χ0n) is 11.9. The van der Waals surface area contributed by atoms with E-state index in [2.05, 4.69) is 23.6 Å². The van der Waals surface area contributed by atoms with Crippen molar-refractivity contribution in [3.8, 4) is 0 Å². The molecule has 0 spiro atoms. The van der Waals surface area contributed by atoms with Crippen LogP contribution < -0.4 is 10.6 Å². The summed E-state index contributed by atoms with van der Waals surface area (Å²) >= 11 is 1.64. The van der Waals surface area contributed by atoms with Gasteiger partial charge in [0, 0.05) is 17.3 Å². The lowest BCUT2D eigenvalue weighted by Gasteiger charge is -2.14. The Labute approximate surface area is 123 Å². The molecule has 0 saturated carbocycles. The van der Waals surface area contributed by atoms with E-state index in [1.807, 2.05) is 12.3 Å². The maximum atomic E-state index is 11.7. The Balaban J connectivity index is 2.24. The second kappa shape index (κ2) is 8.58. The molecule has 1 atom stereocenters. The van der Waals surface area contributed by atoms with E-state index in [0.717, 1.165) is 6.42 Å². The topological polar surface area (TPSA) is 78.4 Å². The highest BCUT2D eigenvalue weighted by atomic mass is 32.1. The number of thiophene rings is 1. The molecule has 1 aromatic rings. The number of amides is 2. The third kappa shape index (κ3) is 6.06. The smallest absolute Gasteiger partial charge is 0.315 e. The van der Waals surface area contributed by atoms with E-state index < -0.39 is 5.97 Å². The lowest BCUT2D eigenvalue weighted by molar-refractivity contribution is -0.137. The normalized spacial score (nSPS) is 11.9. The van der Waals surface area contributed by atoms with Gasteiger partial charge in [0.05, 0.1) is 6.54 Å². The Bertz CT molecular complexity index is 445. The van der Waals surface area contributed by atoms with Gasteiger partial charge in [-0.3, -0.25) is 4.79 Å². The summed E-state index contributed by atoms with van der Waals surface area (Å²) in [4.78, 5) is 23.3. The monoisotopic (exact) mass is 298 g/mol. The predicted molar refractivity (Wildman–Crippen MR) is 80.0 cm³/mol. The molecule has 0 aliphatic rings. The fourth-order valence-electron chi connectivity index (χ4n) is 1.90. The predicted octanol–water partition coefficient (Wildman–Crippen LogP) is 2.75. The molecular formula is C14H22N2O3S. The first-order chi connectivity index (χ1) is 9.52. The van der Waals surface area contributed by atoms with E-state index in [-0.39, 0.29) is 18.5 Å². The fraction of sp³-hybridized carbons (Fsp3) is 0.571. The average Bonchev–Trinajstić information content (AvgIpc) is 2.83. The molecule has 1 aromatic heterocycles. The number of carbonyl (C=O) groups excluding carboxylic acids is 1. The second-order valence-electron chi connectivity index (χ2n) is 4.74. The maximum Gasteiger partial charge on any atom is 0.315 e. The number of rotatable bonds is 8. The molecule has 0 fully saturated rings. The summed E-state index contributed by atoms with van der Waals surface area (Å²) in [5.41, 5.74) is 1.27. The Morgan fingerprint density at radius 3 is 2.85 bits per heavy atom. The van der Waals surface area contributed by atoms with Crippen LogP contribution in [0.15, 0.2) is 11.4 Å². The molecule has 20 heavy (non-hydrogen) atoms. The van der Waals surface area contributed by atoms with Gasteiger partial charge in [0.15, 0.2) is 0 Å². The number of carboxylic acid groups (broad SMARTS) is 1. The van der Waals surface area contributed by atoms with E-state index >= 15 is 0 Å². The summed E-state index contributed by atoms with van der Waals surface area (Å²) in [6.45, 7) is 4.51. The third-order valence-electron chi connectivity index (χ3n) is 3.03. The molecule has 6 heteroatoms. The minimum absolute atomic E-state index is 0.0247. The lowest BCUT2D eigenvalue weighted by atomic mass is 10.1. The summed E-state index contributed by atoms with van der Waals surface area (Å²) in [6, 6.07) is 1.85. The van der Waals surface area contributed by atoms with Crippen molar-refractivity contribution in [2.24, 2.45) is 0 Å². The Hall–Kier alpha value is -1.56. The third-order valence-corrected chi connectivity index (χ3v) is 4.00. The van der Waals surface area contributed by atoms with Gasteiger partial charge in [-0.05, 0) is 43.2 Å². The van der Waals surface area contributed by atoms with Gasteiger partial charge in [-0.25, -0.2) is 4.79 Å². The van der Waals surface area contributed by atoms with Gasteiger partial charge in [-0.1, -0.05) is 6.92 Å². The highest BCUT2D eigenvalue weighted by Crippen LogP contribution is 2.16. The second-order valence-corrected chi connectivity index (χ2v) is 5.74. The summed E-state index contributed by atoms with van der Waals surface area (Å²) in [5.74, 6) is -0.800. The van der Waals surface area contributed by atoms with Crippen molar-refractivity contribution in [2.75, 3.05) is 0 Å². The van der Waals surface area contributed by atoms with Crippen LogP contribution in [0.2, 0.25) is 0 Å². The summed E-state index contributed by atoms with van der Waals surface area (Å²) in [5, 5.41) is 16.2. The zero-order chi connectivity index (χ0) is 15.0. The van der Waals surface area contributed by atoms with E-state index in [4.69, 9.17) is 5.11 Å². The van der Waals surface area contributed by atoms with Crippen molar-refractivity contribution >= 4 is 23.3 Å². The van der Waals surface area contributed by atoms with Crippen LogP contribution in [0.3, 0.4) is 0 Å². The van der Waals surface area contributed by atoms with E-state index in [9.17, 15) is 9.59 Å². The largest absolute Gasteiger partial charge is 0.481 e. The van der Waals surface area contributed by atoms with Gasteiger partial charge >= 0.3 is 12.0 Å². The molecule has 1 heterocycles. The summed E-state index contributed by atoms with van der Waals surface area (Å²) in [6.07, 6.45) is 2.34. The van der Waals surface area contributed by atoms with Crippen LogP contribution in [0.1, 0.15) is 43.6 Å².